The Bertz CT molecular complexity index is 425. The minimum Gasteiger partial charge on any atom is -0.352 e. The van der Waals surface area contributed by atoms with Crippen molar-refractivity contribution in [1.82, 2.24) is 5.32 Å². The van der Waals surface area contributed by atoms with Gasteiger partial charge >= 0.3 is 0 Å². The standard InChI is InChI=1S/C16H26N2O/c1-11(2)14-7-5-12(3)15(9-14)10-18-16(19)8-6-13(4)17/h5,7,9,11,13H,6,8,10,17H2,1-4H3,(H,18,19). The van der Waals surface area contributed by atoms with Crippen LogP contribution in [0.25, 0.3) is 0 Å². The van der Waals surface area contributed by atoms with Gasteiger partial charge in [-0.25, -0.2) is 0 Å². The number of nitrogens with one attached hydrogen (secondary N) is 1. The summed E-state index contributed by atoms with van der Waals surface area (Å²) < 4.78 is 0. The third-order valence-corrected chi connectivity index (χ3v) is 3.34. The molecule has 1 amide bonds. The lowest BCUT2D eigenvalue weighted by atomic mass is 9.98. The van der Waals surface area contributed by atoms with Crippen LogP contribution in [0.2, 0.25) is 0 Å². The van der Waals surface area contributed by atoms with E-state index in [1.54, 1.807) is 0 Å². The Labute approximate surface area is 116 Å². The number of amides is 1. The summed E-state index contributed by atoms with van der Waals surface area (Å²) in [4.78, 5) is 11.7. The van der Waals surface area contributed by atoms with Gasteiger partial charge in [-0.3, -0.25) is 4.79 Å². The number of hydrogen-bond donors (Lipinski definition) is 2. The molecule has 0 saturated carbocycles. The Morgan fingerprint density at radius 3 is 2.58 bits per heavy atom. The topological polar surface area (TPSA) is 55.1 Å². The fourth-order valence-electron chi connectivity index (χ4n) is 1.88. The van der Waals surface area contributed by atoms with Crippen molar-refractivity contribution in [2.24, 2.45) is 5.73 Å². The zero-order valence-electron chi connectivity index (χ0n) is 12.5. The largest absolute Gasteiger partial charge is 0.352 e. The number of benzene rings is 1. The predicted octanol–water partition coefficient (Wildman–Crippen LogP) is 2.86. The normalized spacial score (nSPS) is 12.5. The summed E-state index contributed by atoms with van der Waals surface area (Å²) in [5.41, 5.74) is 9.37. The van der Waals surface area contributed by atoms with Gasteiger partial charge in [-0.2, -0.15) is 0 Å². The number of hydrogen-bond acceptors (Lipinski definition) is 2. The maximum absolute atomic E-state index is 11.7. The highest BCUT2D eigenvalue weighted by Crippen LogP contribution is 2.18. The first-order chi connectivity index (χ1) is 8.90. The first kappa shape index (κ1) is 15.7. The lowest BCUT2D eigenvalue weighted by molar-refractivity contribution is -0.121. The van der Waals surface area contributed by atoms with Crippen molar-refractivity contribution >= 4 is 5.91 Å². The van der Waals surface area contributed by atoms with Crippen LogP contribution in [0.5, 0.6) is 0 Å². The van der Waals surface area contributed by atoms with Gasteiger partial charge < -0.3 is 11.1 Å². The molecule has 1 aromatic rings. The molecule has 0 aliphatic carbocycles. The molecular weight excluding hydrogens is 236 g/mol. The van der Waals surface area contributed by atoms with E-state index >= 15 is 0 Å². The van der Waals surface area contributed by atoms with Gasteiger partial charge in [-0.15, -0.1) is 0 Å². The molecule has 0 fully saturated rings. The molecule has 3 nitrogen and oxygen atoms in total. The number of aryl methyl sites for hydroxylation is 1. The third kappa shape index (κ3) is 5.43. The maximum Gasteiger partial charge on any atom is 0.220 e. The van der Waals surface area contributed by atoms with Crippen LogP contribution in [0.1, 0.15) is 56.2 Å². The lowest BCUT2D eigenvalue weighted by Crippen LogP contribution is -2.25. The summed E-state index contributed by atoms with van der Waals surface area (Å²) in [5, 5.41) is 2.97. The Kier molecular flexibility index (Phi) is 6.03. The Balaban J connectivity index is 2.57. The van der Waals surface area contributed by atoms with Crippen molar-refractivity contribution in [3.63, 3.8) is 0 Å². The minimum atomic E-state index is 0.0756. The summed E-state index contributed by atoms with van der Waals surface area (Å²) >= 11 is 0. The second-order valence-corrected chi connectivity index (χ2v) is 5.63. The number of carbonyl (C=O) groups excluding carboxylic acids is 1. The van der Waals surface area contributed by atoms with E-state index in [4.69, 9.17) is 5.73 Å². The van der Waals surface area contributed by atoms with Crippen LogP contribution in [0.15, 0.2) is 18.2 Å². The molecule has 0 aliphatic rings. The van der Waals surface area contributed by atoms with Crippen molar-refractivity contribution in [2.45, 2.75) is 59.0 Å². The van der Waals surface area contributed by atoms with Crippen molar-refractivity contribution in [3.8, 4) is 0 Å². The van der Waals surface area contributed by atoms with Crippen molar-refractivity contribution in [3.05, 3.63) is 34.9 Å². The molecule has 1 aromatic carbocycles. The number of rotatable bonds is 6. The molecule has 106 valence electrons. The molecule has 0 aromatic heterocycles. The van der Waals surface area contributed by atoms with Crippen LogP contribution < -0.4 is 11.1 Å². The van der Waals surface area contributed by atoms with Crippen LogP contribution in [-0.2, 0) is 11.3 Å². The zero-order chi connectivity index (χ0) is 14.4. The van der Waals surface area contributed by atoms with Crippen molar-refractivity contribution < 1.29 is 4.79 Å². The van der Waals surface area contributed by atoms with E-state index in [-0.39, 0.29) is 11.9 Å². The molecular formula is C16H26N2O. The highest BCUT2D eigenvalue weighted by molar-refractivity contribution is 5.75. The average molecular weight is 262 g/mol. The number of nitrogens with two attached hydrogens (primary N) is 1. The Morgan fingerprint density at radius 1 is 1.32 bits per heavy atom. The second kappa shape index (κ2) is 7.29. The van der Waals surface area contributed by atoms with Crippen LogP contribution in [0.3, 0.4) is 0 Å². The van der Waals surface area contributed by atoms with E-state index in [1.807, 2.05) is 6.92 Å². The van der Waals surface area contributed by atoms with Gasteiger partial charge in [0.1, 0.15) is 0 Å². The van der Waals surface area contributed by atoms with Gasteiger partial charge in [0.2, 0.25) is 5.91 Å². The highest BCUT2D eigenvalue weighted by Gasteiger charge is 2.06. The van der Waals surface area contributed by atoms with Crippen LogP contribution in [0, 0.1) is 6.92 Å². The third-order valence-electron chi connectivity index (χ3n) is 3.34. The Morgan fingerprint density at radius 2 is 2.00 bits per heavy atom. The van der Waals surface area contributed by atoms with Gasteiger partial charge in [-0.1, -0.05) is 32.0 Å². The van der Waals surface area contributed by atoms with Gasteiger partial charge in [0, 0.05) is 19.0 Å². The van der Waals surface area contributed by atoms with E-state index in [9.17, 15) is 4.79 Å². The van der Waals surface area contributed by atoms with E-state index in [0.29, 0.717) is 18.9 Å². The predicted molar refractivity (Wildman–Crippen MR) is 80.0 cm³/mol. The molecule has 19 heavy (non-hydrogen) atoms. The molecule has 0 heterocycles. The van der Waals surface area contributed by atoms with Crippen LogP contribution in [0.4, 0.5) is 0 Å². The molecule has 3 N–H and O–H groups in total. The van der Waals surface area contributed by atoms with Gasteiger partial charge in [0.25, 0.3) is 0 Å². The molecule has 1 rings (SSSR count). The monoisotopic (exact) mass is 262 g/mol. The molecule has 3 heteroatoms. The van der Waals surface area contributed by atoms with E-state index in [2.05, 4.69) is 44.3 Å². The summed E-state index contributed by atoms with van der Waals surface area (Å²) in [6.45, 7) is 8.95. The summed E-state index contributed by atoms with van der Waals surface area (Å²) in [7, 11) is 0. The highest BCUT2D eigenvalue weighted by atomic mass is 16.1. The van der Waals surface area contributed by atoms with Crippen molar-refractivity contribution in [1.29, 1.82) is 0 Å². The number of carbonyl (C=O) groups is 1. The summed E-state index contributed by atoms with van der Waals surface area (Å²) in [6, 6.07) is 6.54. The first-order valence-electron chi connectivity index (χ1n) is 7.02. The van der Waals surface area contributed by atoms with Crippen LogP contribution >= 0.6 is 0 Å². The van der Waals surface area contributed by atoms with E-state index < -0.39 is 0 Å². The summed E-state index contributed by atoms with van der Waals surface area (Å²) in [5.74, 6) is 0.583. The SMILES string of the molecule is Cc1ccc(C(C)C)cc1CNC(=O)CCC(C)N. The van der Waals surface area contributed by atoms with Crippen LogP contribution in [-0.4, -0.2) is 11.9 Å². The average Bonchev–Trinajstić information content (AvgIpc) is 2.35. The zero-order valence-corrected chi connectivity index (χ0v) is 12.5. The lowest BCUT2D eigenvalue weighted by Gasteiger charge is -2.12. The van der Waals surface area contributed by atoms with Gasteiger partial charge in [0.15, 0.2) is 0 Å². The molecule has 1 unspecified atom stereocenters. The first-order valence-corrected chi connectivity index (χ1v) is 7.02. The minimum absolute atomic E-state index is 0.0756. The smallest absolute Gasteiger partial charge is 0.220 e. The van der Waals surface area contributed by atoms with Gasteiger partial charge in [-0.05, 0) is 42.9 Å². The van der Waals surface area contributed by atoms with Gasteiger partial charge in [0.05, 0.1) is 0 Å². The van der Waals surface area contributed by atoms with E-state index in [1.165, 1.54) is 16.7 Å². The maximum atomic E-state index is 11.7. The molecule has 0 bridgehead atoms. The molecule has 0 radical (unpaired) electrons. The van der Waals surface area contributed by atoms with Crippen molar-refractivity contribution in [2.75, 3.05) is 0 Å². The molecule has 0 aliphatic heterocycles. The molecule has 1 atom stereocenters. The molecule has 0 saturated heterocycles. The quantitative estimate of drug-likeness (QED) is 0.828. The fourth-order valence-corrected chi connectivity index (χ4v) is 1.88. The molecule has 0 spiro atoms. The second-order valence-electron chi connectivity index (χ2n) is 5.63. The fraction of sp³-hybridized carbons (Fsp3) is 0.562. The Hall–Kier alpha value is -1.35. The van der Waals surface area contributed by atoms with E-state index in [0.717, 1.165) is 6.42 Å². The summed E-state index contributed by atoms with van der Waals surface area (Å²) in [6.07, 6.45) is 1.23.